The van der Waals surface area contributed by atoms with E-state index in [1.165, 1.54) is 0 Å². The molecule has 0 spiro atoms. The highest BCUT2D eigenvalue weighted by atomic mass is 16.1. The van der Waals surface area contributed by atoms with Gasteiger partial charge in [-0.25, -0.2) is 0 Å². The first-order chi connectivity index (χ1) is 6.13. The Hall–Kier alpha value is -1.91. The van der Waals surface area contributed by atoms with Crippen molar-refractivity contribution in [1.82, 2.24) is 4.98 Å². The van der Waals surface area contributed by atoms with E-state index in [4.69, 9.17) is 10.5 Å². The van der Waals surface area contributed by atoms with Gasteiger partial charge in [0, 0.05) is 6.20 Å². The summed E-state index contributed by atoms with van der Waals surface area (Å²) in [6.07, 6.45) is 1.80. The second-order valence-electron chi connectivity index (χ2n) is 2.17. The van der Waals surface area contributed by atoms with Crippen LogP contribution in [0.2, 0.25) is 0 Å². The smallest absolute Gasteiger partial charge is 0.267 e. The number of aromatic nitrogens is 1. The molecular weight excluding hydrogens is 170 g/mol. The zero-order chi connectivity index (χ0) is 10.3. The van der Waals surface area contributed by atoms with Crippen molar-refractivity contribution in [3.05, 3.63) is 29.6 Å². The van der Waals surface area contributed by atoms with Gasteiger partial charge in [-0.15, -0.1) is 0 Å². The van der Waals surface area contributed by atoms with E-state index >= 15 is 0 Å². The van der Waals surface area contributed by atoms with Crippen molar-refractivity contribution < 1.29 is 9.59 Å². The first-order valence-electron chi connectivity index (χ1n) is 3.50. The summed E-state index contributed by atoms with van der Waals surface area (Å²) in [5, 5.41) is 0. The molecular formula is C8H11N3O2. The molecule has 70 valence electrons. The second-order valence-corrected chi connectivity index (χ2v) is 2.17. The van der Waals surface area contributed by atoms with Crippen molar-refractivity contribution >= 4 is 12.3 Å². The molecule has 0 aliphatic carbocycles. The van der Waals surface area contributed by atoms with Crippen LogP contribution >= 0.6 is 0 Å². The molecule has 0 aliphatic rings. The highest BCUT2D eigenvalue weighted by Crippen LogP contribution is 2.00. The van der Waals surface area contributed by atoms with Crippen LogP contribution in [0.4, 0.5) is 0 Å². The fraction of sp³-hybridized carbons (Fsp3) is 0.125. The average molecular weight is 181 g/mol. The summed E-state index contributed by atoms with van der Waals surface area (Å²) in [5.74, 6) is -0.474. The molecule has 5 nitrogen and oxygen atoms in total. The molecule has 0 saturated carbocycles. The summed E-state index contributed by atoms with van der Waals surface area (Å²) in [6, 6.07) is 3.56. The first kappa shape index (κ1) is 11.1. The number of pyridine rings is 1. The molecule has 0 radical (unpaired) electrons. The highest BCUT2D eigenvalue weighted by Gasteiger charge is 2.02. The summed E-state index contributed by atoms with van der Waals surface area (Å²) < 4.78 is 0. The summed E-state index contributed by atoms with van der Waals surface area (Å²) in [4.78, 5) is 23.0. The Morgan fingerprint density at radius 3 is 2.46 bits per heavy atom. The third-order valence-corrected chi connectivity index (χ3v) is 1.24. The number of nitrogens with zero attached hydrogens (tertiary/aromatic N) is 1. The van der Waals surface area contributed by atoms with Gasteiger partial charge in [0.25, 0.3) is 5.91 Å². The quantitative estimate of drug-likeness (QED) is 0.576. The molecule has 0 unspecified atom stereocenters. The zero-order valence-electron chi connectivity index (χ0n) is 7.23. The van der Waals surface area contributed by atoms with Gasteiger partial charge in [0.1, 0.15) is 5.69 Å². The molecule has 2 amide bonds. The van der Waals surface area contributed by atoms with Crippen molar-refractivity contribution in [3.63, 3.8) is 0 Å². The average Bonchev–Trinajstić information content (AvgIpc) is 2.06. The van der Waals surface area contributed by atoms with Crippen molar-refractivity contribution in [2.24, 2.45) is 11.5 Å². The third kappa shape index (κ3) is 3.85. The minimum absolute atomic E-state index is 0.250. The minimum atomic E-state index is -0.474. The Morgan fingerprint density at radius 2 is 2.15 bits per heavy atom. The SMILES string of the molecule is Cc1cccnc1C(N)=O.NC=O. The molecule has 0 saturated heterocycles. The normalized spacial score (nSPS) is 8.08. The molecule has 0 bridgehead atoms. The van der Waals surface area contributed by atoms with Gasteiger partial charge in [-0.2, -0.15) is 0 Å². The maximum atomic E-state index is 10.6. The minimum Gasteiger partial charge on any atom is -0.372 e. The number of carbonyl (C=O) groups is 2. The van der Waals surface area contributed by atoms with Crippen LogP contribution in [-0.4, -0.2) is 17.3 Å². The second kappa shape index (κ2) is 5.70. The van der Waals surface area contributed by atoms with Crippen LogP contribution < -0.4 is 11.5 Å². The van der Waals surface area contributed by atoms with E-state index in [1.54, 1.807) is 25.3 Å². The van der Waals surface area contributed by atoms with Crippen LogP contribution in [0.25, 0.3) is 0 Å². The zero-order valence-corrected chi connectivity index (χ0v) is 7.23. The first-order valence-corrected chi connectivity index (χ1v) is 3.50. The van der Waals surface area contributed by atoms with E-state index in [-0.39, 0.29) is 6.41 Å². The fourth-order valence-electron chi connectivity index (χ4n) is 0.744. The lowest BCUT2D eigenvalue weighted by Crippen LogP contribution is -2.14. The molecule has 0 aliphatic heterocycles. The monoisotopic (exact) mass is 181 g/mol. The summed E-state index contributed by atoms with van der Waals surface area (Å²) >= 11 is 0. The molecule has 13 heavy (non-hydrogen) atoms. The number of rotatable bonds is 1. The molecule has 5 heteroatoms. The van der Waals surface area contributed by atoms with Crippen molar-refractivity contribution in [2.75, 3.05) is 0 Å². The van der Waals surface area contributed by atoms with Gasteiger partial charge in [0.15, 0.2) is 0 Å². The van der Waals surface area contributed by atoms with Crippen LogP contribution in [0.1, 0.15) is 16.1 Å². The van der Waals surface area contributed by atoms with E-state index in [1.807, 2.05) is 0 Å². The predicted octanol–water partition coefficient (Wildman–Crippen LogP) is -0.410. The number of aryl methyl sites for hydroxylation is 1. The third-order valence-electron chi connectivity index (χ3n) is 1.24. The number of primary amides is 2. The Morgan fingerprint density at radius 1 is 1.62 bits per heavy atom. The Kier molecular flexibility index (Phi) is 4.87. The number of nitrogens with two attached hydrogens (primary N) is 2. The summed E-state index contributed by atoms with van der Waals surface area (Å²) in [7, 11) is 0. The molecule has 0 atom stereocenters. The van der Waals surface area contributed by atoms with Crippen LogP contribution in [0, 0.1) is 6.92 Å². The van der Waals surface area contributed by atoms with E-state index < -0.39 is 5.91 Å². The van der Waals surface area contributed by atoms with E-state index in [0.29, 0.717) is 5.69 Å². The summed E-state index contributed by atoms with van der Waals surface area (Å²) in [6.45, 7) is 1.80. The highest BCUT2D eigenvalue weighted by molar-refractivity contribution is 5.92. The van der Waals surface area contributed by atoms with Gasteiger partial charge in [0.05, 0.1) is 0 Å². The van der Waals surface area contributed by atoms with Gasteiger partial charge in [-0.1, -0.05) is 6.07 Å². The predicted molar refractivity (Wildman–Crippen MR) is 47.7 cm³/mol. The van der Waals surface area contributed by atoms with Gasteiger partial charge in [0.2, 0.25) is 6.41 Å². The Bertz CT molecular complexity index is 299. The fourth-order valence-corrected chi connectivity index (χ4v) is 0.744. The molecule has 0 aromatic carbocycles. The van der Waals surface area contributed by atoms with Crippen molar-refractivity contribution in [2.45, 2.75) is 6.92 Å². The molecule has 4 N–H and O–H groups in total. The van der Waals surface area contributed by atoms with E-state index in [9.17, 15) is 4.79 Å². The lowest BCUT2D eigenvalue weighted by molar-refractivity contribution is -0.106. The summed E-state index contributed by atoms with van der Waals surface area (Å²) in [5.41, 5.74) is 10.3. The van der Waals surface area contributed by atoms with Crippen molar-refractivity contribution in [1.29, 1.82) is 0 Å². The van der Waals surface area contributed by atoms with E-state index in [2.05, 4.69) is 10.7 Å². The maximum absolute atomic E-state index is 10.6. The largest absolute Gasteiger partial charge is 0.372 e. The molecule has 1 aromatic rings. The molecule has 1 aromatic heterocycles. The number of hydrogen-bond acceptors (Lipinski definition) is 3. The molecule has 1 rings (SSSR count). The van der Waals surface area contributed by atoms with Gasteiger partial charge >= 0.3 is 0 Å². The molecule has 0 fully saturated rings. The van der Waals surface area contributed by atoms with Crippen LogP contribution in [-0.2, 0) is 4.79 Å². The Labute approximate surface area is 75.8 Å². The van der Waals surface area contributed by atoms with Crippen LogP contribution in [0.15, 0.2) is 18.3 Å². The van der Waals surface area contributed by atoms with Gasteiger partial charge < -0.3 is 11.5 Å². The lowest BCUT2D eigenvalue weighted by atomic mass is 10.2. The maximum Gasteiger partial charge on any atom is 0.267 e. The number of amides is 2. The van der Waals surface area contributed by atoms with Crippen LogP contribution in [0.3, 0.4) is 0 Å². The van der Waals surface area contributed by atoms with Crippen molar-refractivity contribution in [3.8, 4) is 0 Å². The number of hydrogen-bond donors (Lipinski definition) is 2. The standard InChI is InChI=1S/C7H8N2O.CH3NO/c1-5-3-2-4-9-6(5)7(8)10;2-1-3/h2-4H,1H3,(H2,8,10);1H,(H2,2,3). The number of carbonyl (C=O) groups excluding carboxylic acids is 2. The lowest BCUT2D eigenvalue weighted by Gasteiger charge is -1.96. The topological polar surface area (TPSA) is 99.1 Å². The Balaban J connectivity index is 0.000000424. The van der Waals surface area contributed by atoms with Gasteiger partial charge in [-0.3, -0.25) is 14.6 Å². The molecule has 1 heterocycles. The van der Waals surface area contributed by atoms with Gasteiger partial charge in [-0.05, 0) is 18.6 Å². The van der Waals surface area contributed by atoms with Crippen LogP contribution in [0.5, 0.6) is 0 Å². The van der Waals surface area contributed by atoms with E-state index in [0.717, 1.165) is 5.56 Å².